The average molecular weight is 259 g/mol. The zero-order chi connectivity index (χ0) is 13.7. The van der Waals surface area contributed by atoms with Gasteiger partial charge in [0.25, 0.3) is 0 Å². The van der Waals surface area contributed by atoms with Gasteiger partial charge in [0.05, 0.1) is 6.04 Å². The Bertz CT molecular complexity index is 464. The molecule has 0 saturated heterocycles. The fraction of sp³-hybridized carbons (Fsp3) is 0.500. The van der Waals surface area contributed by atoms with E-state index in [0.29, 0.717) is 13.2 Å². The van der Waals surface area contributed by atoms with E-state index in [1.54, 1.807) is 0 Å². The summed E-state index contributed by atoms with van der Waals surface area (Å²) in [6.45, 7) is 5.49. The normalized spacial score (nSPS) is 16.5. The van der Waals surface area contributed by atoms with Gasteiger partial charge in [0.1, 0.15) is 13.2 Å². The molecule has 1 aromatic carbocycles. The van der Waals surface area contributed by atoms with Gasteiger partial charge in [-0.3, -0.25) is 5.32 Å². The van der Waals surface area contributed by atoms with Crippen molar-refractivity contribution >= 4 is 0 Å². The molecule has 2 unspecified atom stereocenters. The first-order chi connectivity index (χ1) is 9.24. The lowest BCUT2D eigenvalue weighted by Gasteiger charge is -2.22. The Kier molecular flexibility index (Phi) is 4.70. The van der Waals surface area contributed by atoms with Gasteiger partial charge >= 0.3 is 0 Å². The van der Waals surface area contributed by atoms with E-state index in [-0.39, 0.29) is 12.1 Å². The van der Waals surface area contributed by atoms with Gasteiger partial charge in [-0.1, -0.05) is 25.3 Å². The second kappa shape index (κ2) is 6.49. The topological polar surface area (TPSA) is 30.5 Å². The molecule has 1 aliphatic rings. The molecule has 102 valence electrons. The summed E-state index contributed by atoms with van der Waals surface area (Å²) in [6, 6.07) is 6.37. The van der Waals surface area contributed by atoms with Gasteiger partial charge in [0.2, 0.25) is 0 Å². The summed E-state index contributed by atoms with van der Waals surface area (Å²) in [5.74, 6) is 4.45. The van der Waals surface area contributed by atoms with E-state index < -0.39 is 0 Å². The van der Waals surface area contributed by atoms with Crippen LogP contribution in [0.4, 0.5) is 0 Å². The van der Waals surface area contributed by atoms with Crippen LogP contribution in [-0.4, -0.2) is 19.3 Å². The number of nitrogens with one attached hydrogen (secondary N) is 1. The standard InChI is InChI=1S/C16H21NO2/c1-4-6-14(5-2)17-12(3)13-7-8-15-16(11-13)19-10-9-18-15/h2,7-8,11-12,14,17H,4,6,9-10H2,1,3H3. The van der Waals surface area contributed by atoms with Crippen molar-refractivity contribution in [1.29, 1.82) is 0 Å². The van der Waals surface area contributed by atoms with Crippen molar-refractivity contribution < 1.29 is 9.47 Å². The van der Waals surface area contributed by atoms with E-state index in [4.69, 9.17) is 15.9 Å². The van der Waals surface area contributed by atoms with Crippen molar-refractivity contribution in [3.8, 4) is 23.8 Å². The minimum Gasteiger partial charge on any atom is -0.486 e. The molecule has 0 bridgehead atoms. The molecular weight excluding hydrogens is 238 g/mol. The number of benzene rings is 1. The predicted octanol–water partition coefficient (Wildman–Crippen LogP) is 2.91. The van der Waals surface area contributed by atoms with Crippen LogP contribution in [0.3, 0.4) is 0 Å². The second-order valence-electron chi connectivity index (χ2n) is 4.80. The molecule has 1 heterocycles. The maximum absolute atomic E-state index is 5.60. The Hall–Kier alpha value is -1.66. The van der Waals surface area contributed by atoms with Crippen LogP contribution in [0.1, 0.15) is 38.3 Å². The first-order valence-electron chi connectivity index (χ1n) is 6.86. The first-order valence-corrected chi connectivity index (χ1v) is 6.86. The molecule has 1 aromatic rings. The largest absolute Gasteiger partial charge is 0.486 e. The predicted molar refractivity (Wildman–Crippen MR) is 76.5 cm³/mol. The molecule has 19 heavy (non-hydrogen) atoms. The molecule has 3 nitrogen and oxygen atoms in total. The first kappa shape index (κ1) is 13.8. The zero-order valence-corrected chi connectivity index (χ0v) is 11.6. The molecule has 2 rings (SSSR count). The lowest BCUT2D eigenvalue weighted by atomic mass is 10.1. The number of ether oxygens (including phenoxy) is 2. The minimum atomic E-state index is 0.119. The van der Waals surface area contributed by atoms with Gasteiger partial charge in [-0.25, -0.2) is 0 Å². The van der Waals surface area contributed by atoms with E-state index in [2.05, 4.69) is 31.2 Å². The summed E-state index contributed by atoms with van der Waals surface area (Å²) >= 11 is 0. The van der Waals surface area contributed by atoms with Gasteiger partial charge in [0, 0.05) is 6.04 Å². The summed E-state index contributed by atoms with van der Waals surface area (Å²) in [6.07, 6.45) is 7.61. The van der Waals surface area contributed by atoms with Crippen LogP contribution in [-0.2, 0) is 0 Å². The molecule has 0 spiro atoms. The third-order valence-corrected chi connectivity index (χ3v) is 3.30. The Morgan fingerprint density at radius 1 is 1.32 bits per heavy atom. The van der Waals surface area contributed by atoms with Crippen LogP contribution in [0.25, 0.3) is 0 Å². The number of terminal acetylenes is 1. The lowest BCUT2D eigenvalue weighted by Crippen LogP contribution is -2.30. The van der Waals surface area contributed by atoms with Crippen LogP contribution in [0.5, 0.6) is 11.5 Å². The lowest BCUT2D eigenvalue weighted by molar-refractivity contribution is 0.171. The molecule has 1 N–H and O–H groups in total. The van der Waals surface area contributed by atoms with Crippen LogP contribution >= 0.6 is 0 Å². The Morgan fingerprint density at radius 2 is 2.05 bits per heavy atom. The summed E-state index contributed by atoms with van der Waals surface area (Å²) in [7, 11) is 0. The van der Waals surface area contributed by atoms with Crippen molar-refractivity contribution in [2.24, 2.45) is 0 Å². The maximum Gasteiger partial charge on any atom is 0.161 e. The molecule has 0 aliphatic carbocycles. The van der Waals surface area contributed by atoms with Crippen molar-refractivity contribution in [2.45, 2.75) is 38.8 Å². The van der Waals surface area contributed by atoms with Crippen molar-refractivity contribution in [3.63, 3.8) is 0 Å². The monoisotopic (exact) mass is 259 g/mol. The molecule has 1 aliphatic heterocycles. The highest BCUT2D eigenvalue weighted by Gasteiger charge is 2.15. The fourth-order valence-corrected chi connectivity index (χ4v) is 2.23. The van der Waals surface area contributed by atoms with E-state index in [1.807, 2.05) is 12.1 Å². The highest BCUT2D eigenvalue weighted by Crippen LogP contribution is 2.32. The highest BCUT2D eigenvalue weighted by molar-refractivity contribution is 5.44. The number of hydrogen-bond acceptors (Lipinski definition) is 3. The Balaban J connectivity index is 2.06. The van der Waals surface area contributed by atoms with Gasteiger partial charge in [-0.2, -0.15) is 0 Å². The van der Waals surface area contributed by atoms with Gasteiger partial charge in [0.15, 0.2) is 11.5 Å². The van der Waals surface area contributed by atoms with Crippen molar-refractivity contribution in [2.75, 3.05) is 13.2 Å². The van der Waals surface area contributed by atoms with Crippen LogP contribution < -0.4 is 14.8 Å². The maximum atomic E-state index is 5.60. The Labute approximate surface area is 115 Å². The highest BCUT2D eigenvalue weighted by atomic mass is 16.6. The minimum absolute atomic E-state index is 0.119. The quantitative estimate of drug-likeness (QED) is 0.825. The Morgan fingerprint density at radius 3 is 2.74 bits per heavy atom. The molecule has 3 heteroatoms. The van der Waals surface area contributed by atoms with E-state index in [0.717, 1.165) is 24.3 Å². The zero-order valence-electron chi connectivity index (χ0n) is 11.6. The number of rotatable bonds is 5. The van der Waals surface area contributed by atoms with E-state index in [9.17, 15) is 0 Å². The smallest absolute Gasteiger partial charge is 0.161 e. The molecule has 0 radical (unpaired) electrons. The van der Waals surface area contributed by atoms with E-state index >= 15 is 0 Å². The van der Waals surface area contributed by atoms with E-state index in [1.165, 1.54) is 5.56 Å². The number of fused-ring (bicyclic) bond motifs is 1. The molecule has 0 aromatic heterocycles. The molecule has 2 atom stereocenters. The third kappa shape index (κ3) is 3.42. The van der Waals surface area contributed by atoms with Crippen LogP contribution in [0.2, 0.25) is 0 Å². The summed E-state index contributed by atoms with van der Waals surface area (Å²) < 4.78 is 11.1. The van der Waals surface area contributed by atoms with Crippen LogP contribution in [0, 0.1) is 12.3 Å². The molecule has 0 amide bonds. The number of hydrogen-bond donors (Lipinski definition) is 1. The van der Waals surface area contributed by atoms with Gasteiger partial charge < -0.3 is 9.47 Å². The van der Waals surface area contributed by atoms with Gasteiger partial charge in [-0.05, 0) is 31.0 Å². The molecular formula is C16H21NO2. The van der Waals surface area contributed by atoms with Gasteiger partial charge in [-0.15, -0.1) is 6.42 Å². The van der Waals surface area contributed by atoms with Crippen molar-refractivity contribution in [1.82, 2.24) is 5.32 Å². The fourth-order valence-electron chi connectivity index (χ4n) is 2.23. The summed E-state index contributed by atoms with van der Waals surface area (Å²) in [4.78, 5) is 0. The summed E-state index contributed by atoms with van der Waals surface area (Å²) in [5, 5.41) is 3.46. The summed E-state index contributed by atoms with van der Waals surface area (Å²) in [5.41, 5.74) is 1.17. The average Bonchev–Trinajstić information content (AvgIpc) is 2.46. The molecule has 0 fully saturated rings. The van der Waals surface area contributed by atoms with Crippen LogP contribution in [0.15, 0.2) is 18.2 Å². The molecule has 0 saturated carbocycles. The second-order valence-corrected chi connectivity index (χ2v) is 4.80. The SMILES string of the molecule is C#CC(CCC)NC(C)c1ccc2c(c1)OCCO2. The third-order valence-electron chi connectivity index (χ3n) is 3.30. The van der Waals surface area contributed by atoms with Crippen molar-refractivity contribution in [3.05, 3.63) is 23.8 Å².